The van der Waals surface area contributed by atoms with Crippen LogP contribution in [0.15, 0.2) is 12.2 Å². The lowest BCUT2D eigenvalue weighted by Gasteiger charge is -2.18. The Hall–Kier alpha value is -0.390. The number of carbonyl (C=O) groups excluding carboxylic acids is 1. The lowest BCUT2D eigenvalue weighted by molar-refractivity contribution is -0.153. The molecule has 16 heavy (non-hydrogen) atoms. The number of ether oxygens (including phenoxy) is 1. The van der Waals surface area contributed by atoms with E-state index in [9.17, 15) is 15.0 Å². The second kappa shape index (κ2) is 7.04. The molecule has 0 aromatic heterocycles. The molecular weight excluding hydrogens is 276 g/mol. The molecule has 0 fully saturated rings. The van der Waals surface area contributed by atoms with Gasteiger partial charge in [-0.15, -0.1) is 0 Å². The number of alkyl halides is 1. The predicted octanol–water partition coefficient (Wildman–Crippen LogP) is 1.39. The quantitative estimate of drug-likeness (QED) is 0.457. The number of halogens is 1. The average molecular weight is 295 g/mol. The van der Waals surface area contributed by atoms with E-state index < -0.39 is 17.8 Å². The first-order chi connectivity index (χ1) is 7.26. The van der Waals surface area contributed by atoms with E-state index in [0.29, 0.717) is 0 Å². The van der Waals surface area contributed by atoms with Crippen molar-refractivity contribution in [2.75, 3.05) is 5.33 Å². The smallest absolute Gasteiger partial charge is 0.310 e. The highest BCUT2D eigenvalue weighted by atomic mass is 79.9. The van der Waals surface area contributed by atoms with Gasteiger partial charge >= 0.3 is 5.97 Å². The Labute approximate surface area is 104 Å². The third kappa shape index (κ3) is 7.84. The molecular formula is C11H19BrO4. The predicted molar refractivity (Wildman–Crippen MR) is 65.4 cm³/mol. The Kier molecular flexibility index (Phi) is 6.87. The molecule has 4 nitrogen and oxygen atoms in total. The van der Waals surface area contributed by atoms with E-state index in [1.54, 1.807) is 20.8 Å². The molecule has 0 bridgehead atoms. The van der Waals surface area contributed by atoms with Crippen molar-refractivity contribution in [1.29, 1.82) is 0 Å². The third-order valence-electron chi connectivity index (χ3n) is 1.59. The minimum Gasteiger partial charge on any atom is -0.460 e. The maximum absolute atomic E-state index is 11.3. The minimum absolute atomic E-state index is 0.0866. The van der Waals surface area contributed by atoms with E-state index in [4.69, 9.17) is 4.74 Å². The molecule has 0 amide bonds. The van der Waals surface area contributed by atoms with Crippen LogP contribution >= 0.6 is 15.9 Å². The van der Waals surface area contributed by atoms with Crippen LogP contribution < -0.4 is 0 Å². The normalized spacial score (nSPS) is 16.1. The van der Waals surface area contributed by atoms with Gasteiger partial charge in [-0.1, -0.05) is 28.1 Å². The van der Waals surface area contributed by atoms with Gasteiger partial charge in [-0.05, 0) is 20.8 Å². The maximum atomic E-state index is 11.3. The number of rotatable bonds is 5. The molecule has 0 unspecified atom stereocenters. The van der Waals surface area contributed by atoms with Crippen LogP contribution in [0.5, 0.6) is 0 Å². The zero-order chi connectivity index (χ0) is 12.8. The lowest BCUT2D eigenvalue weighted by Crippen LogP contribution is -2.25. The molecule has 0 aliphatic rings. The molecule has 0 aliphatic heterocycles. The Morgan fingerprint density at radius 2 is 2.00 bits per heavy atom. The highest BCUT2D eigenvalue weighted by Crippen LogP contribution is 2.08. The molecule has 0 aliphatic carbocycles. The van der Waals surface area contributed by atoms with Crippen LogP contribution in [0.3, 0.4) is 0 Å². The summed E-state index contributed by atoms with van der Waals surface area (Å²) in [5.41, 5.74) is -0.501. The Morgan fingerprint density at radius 3 is 2.44 bits per heavy atom. The summed E-state index contributed by atoms with van der Waals surface area (Å²) < 4.78 is 5.06. The summed E-state index contributed by atoms with van der Waals surface area (Å²) in [6.07, 6.45) is 1.13. The van der Waals surface area contributed by atoms with Crippen molar-refractivity contribution in [3.8, 4) is 0 Å². The Balaban J connectivity index is 3.96. The first-order valence-corrected chi connectivity index (χ1v) is 6.19. The van der Waals surface area contributed by atoms with E-state index in [2.05, 4.69) is 15.9 Å². The summed E-state index contributed by atoms with van der Waals surface area (Å²) in [7, 11) is 0. The molecule has 5 heteroatoms. The van der Waals surface area contributed by atoms with Crippen molar-refractivity contribution in [3.05, 3.63) is 12.2 Å². The zero-order valence-corrected chi connectivity index (χ0v) is 11.4. The van der Waals surface area contributed by atoms with Gasteiger partial charge < -0.3 is 14.9 Å². The highest BCUT2D eigenvalue weighted by Gasteiger charge is 2.15. The molecule has 0 spiro atoms. The van der Waals surface area contributed by atoms with Crippen LogP contribution in [0.2, 0.25) is 0 Å². The maximum Gasteiger partial charge on any atom is 0.310 e. The van der Waals surface area contributed by atoms with Gasteiger partial charge in [0.05, 0.1) is 18.6 Å². The second-order valence-electron chi connectivity index (χ2n) is 4.43. The SMILES string of the molecule is CC(C)(C)OC(=O)C/C=C/[C@H](O)[C@H](O)CBr. The van der Waals surface area contributed by atoms with Crippen LogP contribution in [0.25, 0.3) is 0 Å². The van der Waals surface area contributed by atoms with Crippen molar-refractivity contribution >= 4 is 21.9 Å². The van der Waals surface area contributed by atoms with Gasteiger partial charge in [0.2, 0.25) is 0 Å². The van der Waals surface area contributed by atoms with E-state index >= 15 is 0 Å². The average Bonchev–Trinajstić information content (AvgIpc) is 2.13. The molecule has 0 radical (unpaired) electrons. The van der Waals surface area contributed by atoms with Crippen LogP contribution in [0.1, 0.15) is 27.2 Å². The van der Waals surface area contributed by atoms with Gasteiger partial charge in [-0.2, -0.15) is 0 Å². The largest absolute Gasteiger partial charge is 0.460 e. The molecule has 94 valence electrons. The standard InChI is InChI=1S/C11H19BrO4/c1-11(2,3)16-10(15)6-4-5-8(13)9(14)7-12/h4-5,8-9,13-14H,6-7H2,1-3H3/b5-4+/t8-,9+/m0/s1. The third-order valence-corrected chi connectivity index (χ3v) is 2.25. The summed E-state index contributed by atoms with van der Waals surface area (Å²) in [5, 5.41) is 18.8. The number of hydrogen-bond donors (Lipinski definition) is 2. The van der Waals surface area contributed by atoms with Gasteiger partial charge in [0.15, 0.2) is 0 Å². The number of hydrogen-bond acceptors (Lipinski definition) is 4. The second-order valence-corrected chi connectivity index (χ2v) is 5.08. The molecule has 0 saturated heterocycles. The molecule has 2 N–H and O–H groups in total. The Bertz CT molecular complexity index is 245. The van der Waals surface area contributed by atoms with Crippen LogP contribution in [-0.2, 0) is 9.53 Å². The summed E-state index contributed by atoms with van der Waals surface area (Å²) in [4.78, 5) is 11.3. The fraction of sp³-hybridized carbons (Fsp3) is 0.727. The number of aliphatic hydroxyl groups is 2. The number of carbonyl (C=O) groups is 1. The summed E-state index contributed by atoms with van der Waals surface area (Å²) in [5.74, 6) is -0.357. The van der Waals surface area contributed by atoms with E-state index in [0.717, 1.165) is 0 Å². The Morgan fingerprint density at radius 1 is 1.44 bits per heavy atom. The number of aliphatic hydroxyl groups excluding tert-OH is 2. The molecule has 0 heterocycles. The van der Waals surface area contributed by atoms with E-state index in [1.807, 2.05) is 0 Å². The minimum atomic E-state index is -0.971. The molecule has 0 aromatic rings. The van der Waals surface area contributed by atoms with Gasteiger partial charge in [0.1, 0.15) is 5.60 Å². The molecule has 0 saturated carbocycles. The van der Waals surface area contributed by atoms with Crippen molar-refractivity contribution < 1.29 is 19.7 Å². The summed E-state index contributed by atoms with van der Waals surface area (Å²) in [6, 6.07) is 0. The van der Waals surface area contributed by atoms with Crippen LogP contribution in [0.4, 0.5) is 0 Å². The van der Waals surface area contributed by atoms with Crippen molar-refractivity contribution in [1.82, 2.24) is 0 Å². The number of esters is 1. The zero-order valence-electron chi connectivity index (χ0n) is 9.81. The van der Waals surface area contributed by atoms with Gasteiger partial charge in [-0.25, -0.2) is 0 Å². The lowest BCUT2D eigenvalue weighted by atomic mass is 10.2. The molecule has 0 rings (SSSR count). The van der Waals surface area contributed by atoms with Crippen molar-refractivity contribution in [2.24, 2.45) is 0 Å². The fourth-order valence-electron chi connectivity index (χ4n) is 0.906. The topological polar surface area (TPSA) is 66.8 Å². The van der Waals surface area contributed by atoms with E-state index in [-0.39, 0.29) is 17.7 Å². The van der Waals surface area contributed by atoms with Gasteiger partial charge in [0.25, 0.3) is 0 Å². The fourth-order valence-corrected chi connectivity index (χ4v) is 1.29. The monoisotopic (exact) mass is 294 g/mol. The van der Waals surface area contributed by atoms with E-state index in [1.165, 1.54) is 12.2 Å². The first-order valence-electron chi connectivity index (χ1n) is 5.07. The van der Waals surface area contributed by atoms with Crippen LogP contribution in [0, 0.1) is 0 Å². The molecule has 0 aromatic carbocycles. The van der Waals surface area contributed by atoms with Gasteiger partial charge in [0, 0.05) is 5.33 Å². The summed E-state index contributed by atoms with van der Waals surface area (Å²) >= 11 is 3.04. The molecule has 2 atom stereocenters. The van der Waals surface area contributed by atoms with Crippen molar-refractivity contribution in [3.63, 3.8) is 0 Å². The van der Waals surface area contributed by atoms with Crippen molar-refractivity contribution in [2.45, 2.75) is 45.0 Å². The summed E-state index contributed by atoms with van der Waals surface area (Å²) in [6.45, 7) is 5.37. The first kappa shape index (κ1) is 15.6. The van der Waals surface area contributed by atoms with Crippen LogP contribution in [-0.4, -0.2) is 39.3 Å². The highest BCUT2D eigenvalue weighted by molar-refractivity contribution is 9.09. The van der Waals surface area contributed by atoms with Gasteiger partial charge in [-0.3, -0.25) is 4.79 Å².